The van der Waals surface area contributed by atoms with E-state index in [0.717, 1.165) is 29.7 Å². The van der Waals surface area contributed by atoms with Gasteiger partial charge in [0.25, 0.3) is 0 Å². The lowest BCUT2D eigenvalue weighted by atomic mass is 9.83. The average Bonchev–Trinajstić information content (AvgIpc) is 2.94. The fraction of sp³-hybridized carbons (Fsp3) is 0.600. The number of nitrogens with two attached hydrogens (primary N) is 1. The molecule has 0 aliphatic heterocycles. The molecule has 2 bridgehead atoms. The predicted molar refractivity (Wildman–Crippen MR) is 71.9 cm³/mol. The maximum absolute atomic E-state index is 13.1. The van der Waals surface area contributed by atoms with Gasteiger partial charge in [-0.2, -0.15) is 0 Å². The van der Waals surface area contributed by atoms with Crippen LogP contribution in [-0.2, 0) is 0 Å². The van der Waals surface area contributed by atoms with Crippen molar-refractivity contribution in [3.63, 3.8) is 0 Å². The molecule has 1 nitrogen and oxygen atoms in total. The van der Waals surface area contributed by atoms with Crippen LogP contribution in [0.15, 0.2) is 18.2 Å². The van der Waals surface area contributed by atoms with Crippen LogP contribution in [0.3, 0.4) is 0 Å². The molecule has 4 atom stereocenters. The third kappa shape index (κ3) is 2.28. The van der Waals surface area contributed by atoms with Crippen molar-refractivity contribution < 1.29 is 4.39 Å². The molecule has 0 aromatic heterocycles. The number of halogens is 2. The molecule has 18 heavy (non-hydrogen) atoms. The quantitative estimate of drug-likeness (QED) is 0.868. The van der Waals surface area contributed by atoms with Gasteiger partial charge in [-0.1, -0.05) is 24.1 Å². The first-order valence-electron chi connectivity index (χ1n) is 6.84. The van der Waals surface area contributed by atoms with E-state index in [0.29, 0.717) is 0 Å². The van der Waals surface area contributed by atoms with Gasteiger partial charge in [0, 0.05) is 6.04 Å². The molecule has 2 aliphatic carbocycles. The van der Waals surface area contributed by atoms with E-state index < -0.39 is 0 Å². The van der Waals surface area contributed by atoms with E-state index in [4.69, 9.17) is 17.3 Å². The molecule has 4 unspecified atom stereocenters. The molecule has 2 N–H and O–H groups in total. The Morgan fingerprint density at radius 2 is 2.17 bits per heavy atom. The average molecular weight is 268 g/mol. The normalized spacial score (nSPS) is 31.8. The van der Waals surface area contributed by atoms with Crippen LogP contribution >= 0.6 is 11.6 Å². The van der Waals surface area contributed by atoms with Crippen molar-refractivity contribution >= 4 is 11.6 Å². The molecule has 3 heteroatoms. The summed E-state index contributed by atoms with van der Waals surface area (Å²) in [7, 11) is 0. The fourth-order valence-corrected chi connectivity index (χ4v) is 4.06. The first-order chi connectivity index (χ1) is 8.63. The van der Waals surface area contributed by atoms with Crippen LogP contribution in [0.25, 0.3) is 0 Å². The maximum Gasteiger partial charge on any atom is 0.141 e. The molecule has 2 saturated carbocycles. The van der Waals surface area contributed by atoms with Crippen molar-refractivity contribution in [2.45, 2.75) is 38.1 Å². The van der Waals surface area contributed by atoms with E-state index >= 15 is 0 Å². The van der Waals surface area contributed by atoms with Gasteiger partial charge in [0.15, 0.2) is 0 Å². The lowest BCUT2D eigenvalue weighted by molar-refractivity contribution is 0.296. The molecule has 2 fully saturated rings. The maximum atomic E-state index is 13.1. The number of fused-ring (bicyclic) bond motifs is 2. The van der Waals surface area contributed by atoms with Crippen LogP contribution in [0.4, 0.5) is 4.39 Å². The van der Waals surface area contributed by atoms with Gasteiger partial charge in [-0.3, -0.25) is 0 Å². The van der Waals surface area contributed by atoms with Crippen LogP contribution in [-0.4, -0.2) is 0 Å². The number of rotatable bonds is 3. The molecule has 0 radical (unpaired) electrons. The molecule has 0 heterocycles. The van der Waals surface area contributed by atoms with Crippen LogP contribution in [0, 0.1) is 23.6 Å². The lowest BCUT2D eigenvalue weighted by Gasteiger charge is -2.25. The zero-order chi connectivity index (χ0) is 12.7. The highest BCUT2D eigenvalue weighted by atomic mass is 35.5. The van der Waals surface area contributed by atoms with E-state index in [1.807, 2.05) is 0 Å². The minimum absolute atomic E-state index is 0.00699. The predicted octanol–water partition coefficient (Wildman–Crippen LogP) is 4.31. The lowest BCUT2D eigenvalue weighted by Crippen LogP contribution is -2.19. The van der Waals surface area contributed by atoms with Gasteiger partial charge >= 0.3 is 0 Å². The Balaban J connectivity index is 1.67. The standard InChI is InChI=1S/C15H19ClFN/c16-13-7-11(3-4-14(13)17)15(18)8-12-6-9-1-2-10(12)5-9/h3-4,7,9-10,12,15H,1-2,5-6,8,18H2. The fourth-order valence-electron chi connectivity index (χ4n) is 3.87. The van der Waals surface area contributed by atoms with Gasteiger partial charge < -0.3 is 5.73 Å². The third-order valence-electron chi connectivity index (χ3n) is 4.81. The molecule has 0 saturated heterocycles. The second kappa shape index (κ2) is 4.82. The van der Waals surface area contributed by atoms with E-state index in [1.165, 1.54) is 31.7 Å². The summed E-state index contributed by atoms with van der Waals surface area (Å²) < 4.78 is 13.1. The third-order valence-corrected chi connectivity index (χ3v) is 5.10. The van der Waals surface area contributed by atoms with Crippen molar-refractivity contribution in [2.75, 3.05) is 0 Å². The Morgan fingerprint density at radius 1 is 1.33 bits per heavy atom. The zero-order valence-electron chi connectivity index (χ0n) is 10.4. The van der Waals surface area contributed by atoms with Gasteiger partial charge in [0.1, 0.15) is 5.82 Å². The highest BCUT2D eigenvalue weighted by Crippen LogP contribution is 2.50. The van der Waals surface area contributed by atoms with Crippen LogP contribution < -0.4 is 5.73 Å². The highest BCUT2D eigenvalue weighted by Gasteiger charge is 2.39. The molecule has 1 aromatic rings. The Morgan fingerprint density at radius 3 is 2.78 bits per heavy atom. The minimum atomic E-state index is -0.368. The Bertz CT molecular complexity index is 448. The second-order valence-electron chi connectivity index (χ2n) is 5.95. The van der Waals surface area contributed by atoms with Crippen LogP contribution in [0.1, 0.15) is 43.7 Å². The summed E-state index contributed by atoms with van der Waals surface area (Å²) in [6.07, 6.45) is 6.56. The summed E-state index contributed by atoms with van der Waals surface area (Å²) in [5.41, 5.74) is 7.21. The largest absolute Gasteiger partial charge is 0.324 e. The molecule has 3 rings (SSSR count). The Labute approximate surface area is 113 Å². The number of benzene rings is 1. The molecule has 0 amide bonds. The smallest absolute Gasteiger partial charge is 0.141 e. The van der Waals surface area contributed by atoms with Gasteiger partial charge in [-0.05, 0) is 61.1 Å². The summed E-state index contributed by atoms with van der Waals surface area (Å²) in [6.45, 7) is 0. The highest BCUT2D eigenvalue weighted by molar-refractivity contribution is 6.30. The summed E-state index contributed by atoms with van der Waals surface area (Å²) in [6, 6.07) is 4.85. The van der Waals surface area contributed by atoms with E-state index in [2.05, 4.69) is 0 Å². The van der Waals surface area contributed by atoms with Gasteiger partial charge in [-0.25, -0.2) is 4.39 Å². The summed E-state index contributed by atoms with van der Waals surface area (Å²) >= 11 is 5.81. The van der Waals surface area contributed by atoms with Crippen molar-refractivity contribution in [1.82, 2.24) is 0 Å². The Kier molecular flexibility index (Phi) is 3.33. The summed E-state index contributed by atoms with van der Waals surface area (Å²) in [5.74, 6) is 2.23. The van der Waals surface area contributed by atoms with Gasteiger partial charge in [0.2, 0.25) is 0 Å². The van der Waals surface area contributed by atoms with Crippen molar-refractivity contribution in [3.05, 3.63) is 34.6 Å². The van der Waals surface area contributed by atoms with E-state index in [-0.39, 0.29) is 16.9 Å². The van der Waals surface area contributed by atoms with Crippen LogP contribution in [0.2, 0.25) is 5.02 Å². The molecular weight excluding hydrogens is 249 g/mol. The van der Waals surface area contributed by atoms with E-state index in [9.17, 15) is 4.39 Å². The molecule has 0 spiro atoms. The van der Waals surface area contributed by atoms with Crippen molar-refractivity contribution in [3.8, 4) is 0 Å². The summed E-state index contributed by atoms with van der Waals surface area (Å²) in [5, 5.41) is 0.177. The van der Waals surface area contributed by atoms with Gasteiger partial charge in [0.05, 0.1) is 5.02 Å². The topological polar surface area (TPSA) is 26.0 Å². The number of hydrogen-bond donors (Lipinski definition) is 1. The Hall–Kier alpha value is -0.600. The zero-order valence-corrected chi connectivity index (χ0v) is 11.2. The summed E-state index contributed by atoms with van der Waals surface area (Å²) in [4.78, 5) is 0. The van der Waals surface area contributed by atoms with Crippen molar-refractivity contribution in [2.24, 2.45) is 23.5 Å². The first kappa shape index (κ1) is 12.4. The van der Waals surface area contributed by atoms with Crippen LogP contribution in [0.5, 0.6) is 0 Å². The number of hydrogen-bond acceptors (Lipinski definition) is 1. The van der Waals surface area contributed by atoms with Gasteiger partial charge in [-0.15, -0.1) is 0 Å². The SMILES string of the molecule is NC(CC1CC2CCC1C2)c1ccc(F)c(Cl)c1. The molecule has 1 aromatic carbocycles. The van der Waals surface area contributed by atoms with E-state index in [1.54, 1.807) is 12.1 Å². The van der Waals surface area contributed by atoms with Crippen molar-refractivity contribution in [1.29, 1.82) is 0 Å². The monoisotopic (exact) mass is 267 g/mol. The molecular formula is C15H19ClFN. The molecule has 98 valence electrons. The second-order valence-corrected chi connectivity index (χ2v) is 6.36. The minimum Gasteiger partial charge on any atom is -0.324 e. The first-order valence-corrected chi connectivity index (χ1v) is 7.22. The molecule has 2 aliphatic rings.